The maximum absolute atomic E-state index is 14.3. The van der Waals surface area contributed by atoms with Crippen LogP contribution in [0, 0.1) is 30.3 Å². The summed E-state index contributed by atoms with van der Waals surface area (Å²) in [6, 6.07) is 33.5. The number of carboxylic acids is 3. The van der Waals surface area contributed by atoms with Crippen molar-refractivity contribution in [2.24, 2.45) is 5.73 Å². The molecule has 0 radical (unpaired) electrons. The van der Waals surface area contributed by atoms with E-state index >= 15 is 0 Å². The lowest BCUT2D eigenvalue weighted by Crippen LogP contribution is -2.53. The smallest absolute Gasteiger partial charge is 0.326 e. The van der Waals surface area contributed by atoms with Gasteiger partial charge >= 0.3 is 17.9 Å². The Morgan fingerprint density at radius 3 is 0.946 bits per heavy atom. The average Bonchev–Trinajstić information content (AvgIpc) is 1.68. The molecule has 0 spiro atoms. The minimum Gasteiger partial charge on any atom is -0.480 e. The molecule has 3 aromatic heterocycles. The number of hydrogen-bond donors (Lipinski definition) is 11. The molecule has 0 fully saturated rings. The summed E-state index contributed by atoms with van der Waals surface area (Å²) < 4.78 is 0. The number of nitrogens with two attached hydrogens (primary N) is 1. The van der Waals surface area contributed by atoms with Crippen molar-refractivity contribution in [3.8, 4) is 0 Å². The number of aliphatic carboxylic acids is 3. The van der Waals surface area contributed by atoms with Crippen LogP contribution >= 0.6 is 35.3 Å². The molecule has 480 valence electrons. The van der Waals surface area contributed by atoms with Gasteiger partial charge in [-0.1, -0.05) is 89.9 Å². The quantitative estimate of drug-likeness (QED) is 0.0138. The van der Waals surface area contributed by atoms with Crippen molar-refractivity contribution in [2.45, 2.75) is 111 Å². The zero-order valence-corrected chi connectivity index (χ0v) is 51.4. The number of nitrogens with zero attached hydrogens (tertiary/aromatic N) is 3. The van der Waals surface area contributed by atoms with E-state index in [0.717, 1.165) is 0 Å². The second-order valence-electron chi connectivity index (χ2n) is 21.5. The number of non-ortho nitro benzene ring substituents is 3. The lowest BCUT2D eigenvalue weighted by Gasteiger charge is -2.35. The molecule has 3 heterocycles. The van der Waals surface area contributed by atoms with Gasteiger partial charge in [0.15, 0.2) is 0 Å². The van der Waals surface area contributed by atoms with Crippen molar-refractivity contribution >= 4 is 127 Å². The van der Waals surface area contributed by atoms with Crippen molar-refractivity contribution in [3.63, 3.8) is 0 Å². The number of carbonyl (C=O) groups excluding carboxylic acids is 4. The van der Waals surface area contributed by atoms with Crippen LogP contribution in [0.4, 0.5) is 17.1 Å². The number of hydrogen-bond acceptors (Lipinski definition) is 17. The number of benzene rings is 6. The Hall–Kier alpha value is -10.6. The number of para-hydroxylation sites is 3. The Morgan fingerprint density at radius 1 is 0.430 bits per heavy atom. The first-order valence-corrected chi connectivity index (χ1v) is 31.1. The molecule has 3 atom stereocenters. The molecule has 4 amide bonds. The summed E-state index contributed by atoms with van der Waals surface area (Å²) in [5.74, 6) is -7.61. The molecule has 30 heteroatoms. The maximum Gasteiger partial charge on any atom is 0.326 e. The van der Waals surface area contributed by atoms with E-state index in [2.05, 4.69) is 36.2 Å². The zero-order chi connectivity index (χ0) is 66.5. The van der Waals surface area contributed by atoms with Gasteiger partial charge in [-0.3, -0.25) is 49.5 Å². The summed E-state index contributed by atoms with van der Waals surface area (Å²) in [6.45, 7) is -0.629. The monoisotopic (exact) mass is 1320 g/mol. The number of carboxylic acid groups (broad SMARTS) is 3. The SMILES string of the molecule is NCC(=O)NC(CCC(=O)N[C@@H](Cc1c(Sc2ccc([N+](=O)[O-])cc2)[nH]c2ccccc12)C(=O)O)(CCC(=O)N[C@@H](Cc1c(Sc2ccc([N+](=O)[O-])cc2)[nH]c2ccccc12)C(=O)O)CCC(=O)N[C@@H](Cc1c(Sc2ccc([N+](=O)[O-])cc2)[nH]c2ccccc12)C(=O)O. The first kappa shape index (κ1) is 66.8. The summed E-state index contributed by atoms with van der Waals surface area (Å²) in [5.41, 5.74) is 7.09. The molecular weight excluding hydrogens is 1260 g/mol. The topological polar surface area (TPSA) is 431 Å². The van der Waals surface area contributed by atoms with E-state index in [0.29, 0.717) is 79.2 Å². The van der Waals surface area contributed by atoms with Crippen LogP contribution in [-0.4, -0.2) is 117 Å². The molecule has 9 aromatic rings. The van der Waals surface area contributed by atoms with Gasteiger partial charge in [-0.25, -0.2) is 14.4 Å². The fraction of sp³-hybridized carbons (Fsp3) is 0.222. The van der Waals surface area contributed by atoms with E-state index in [1.807, 2.05) is 0 Å². The molecule has 0 aliphatic carbocycles. The zero-order valence-electron chi connectivity index (χ0n) is 49.0. The summed E-state index contributed by atoms with van der Waals surface area (Å²) in [6.07, 6.45) is -3.58. The predicted octanol–water partition coefficient (Wildman–Crippen LogP) is 9.20. The van der Waals surface area contributed by atoms with E-state index in [-0.39, 0.29) is 55.6 Å². The number of amides is 4. The molecule has 0 unspecified atom stereocenters. The maximum atomic E-state index is 14.3. The van der Waals surface area contributed by atoms with E-state index in [1.165, 1.54) is 108 Å². The molecule has 0 aliphatic rings. The van der Waals surface area contributed by atoms with Crippen LogP contribution in [0.15, 0.2) is 175 Å². The van der Waals surface area contributed by atoms with E-state index in [9.17, 15) is 79.2 Å². The van der Waals surface area contributed by atoms with Gasteiger partial charge in [0, 0.05) is 128 Å². The fourth-order valence-corrected chi connectivity index (χ4v) is 13.6. The standard InChI is InChI=1S/C63H59N11O16S3/c64-34-56(78)71-63(28-25-53(75)65-50(60(79)80)31-44-41-7-1-4-10-47(41)68-57(44)91-38-19-13-35(14-20-38)72(85)86,29-26-54(76)66-51(61(81)82)32-45-42-8-2-5-11-48(42)69-58(45)92-39-21-15-36(16-22-39)73(87)88)30-27-55(77)67-52(62(83)84)33-46-43-9-3-6-12-49(43)70-59(46)93-40-23-17-37(18-24-40)74(89)90/h1-24,50-52,68-70H,25-34,64H2,(H,65,75)(H,66,76)(H,67,77)(H,71,78)(H,79,80)(H,81,82)(H,83,84)/t50-,51-,52-/m0/s1. The minimum absolute atomic E-state index is 0.139. The largest absolute Gasteiger partial charge is 0.480 e. The van der Waals surface area contributed by atoms with Crippen molar-refractivity contribution in [3.05, 3.63) is 193 Å². The summed E-state index contributed by atoms with van der Waals surface area (Å²) in [4.78, 5) is 140. The van der Waals surface area contributed by atoms with E-state index in [1.54, 1.807) is 72.8 Å². The average molecular weight is 1320 g/mol. The minimum atomic E-state index is -1.74. The van der Waals surface area contributed by atoms with Gasteiger partial charge in [-0.15, -0.1) is 0 Å². The molecule has 0 saturated carbocycles. The number of nitrogens with one attached hydrogen (secondary N) is 7. The summed E-state index contributed by atoms with van der Waals surface area (Å²) in [7, 11) is 0. The van der Waals surface area contributed by atoms with Crippen molar-refractivity contribution < 1.29 is 63.7 Å². The van der Waals surface area contributed by atoms with Gasteiger partial charge < -0.3 is 57.3 Å². The lowest BCUT2D eigenvalue weighted by molar-refractivity contribution is -0.385. The number of aromatic nitrogens is 3. The highest BCUT2D eigenvalue weighted by atomic mass is 32.2. The van der Waals surface area contributed by atoms with Crippen LogP contribution in [0.3, 0.4) is 0 Å². The molecule has 93 heavy (non-hydrogen) atoms. The number of H-pyrrole nitrogens is 3. The predicted molar refractivity (Wildman–Crippen MR) is 344 cm³/mol. The number of carbonyl (C=O) groups is 7. The van der Waals surface area contributed by atoms with Crippen LogP contribution in [0.1, 0.15) is 55.2 Å². The van der Waals surface area contributed by atoms with E-state index in [4.69, 9.17) is 5.73 Å². The van der Waals surface area contributed by atoms with E-state index < -0.39 is 106 Å². The number of nitro benzene ring substituents is 3. The third kappa shape index (κ3) is 17.1. The highest BCUT2D eigenvalue weighted by Crippen LogP contribution is 2.39. The van der Waals surface area contributed by atoms with Gasteiger partial charge in [0.05, 0.1) is 36.4 Å². The normalized spacial score (nSPS) is 12.4. The Bertz CT molecular complexity index is 3910. The van der Waals surface area contributed by atoms with Crippen LogP contribution in [-0.2, 0) is 52.8 Å². The molecular formula is C63H59N11O16S3. The summed E-state index contributed by atoms with van der Waals surface area (Å²) in [5, 5.41) is 79.9. The number of aromatic amines is 3. The van der Waals surface area contributed by atoms with Gasteiger partial charge in [0.2, 0.25) is 23.6 Å². The molecule has 0 aliphatic heterocycles. The third-order valence-electron chi connectivity index (χ3n) is 15.3. The second kappa shape index (κ2) is 30.0. The molecule has 27 nitrogen and oxygen atoms in total. The molecule has 9 rings (SSSR count). The van der Waals surface area contributed by atoms with Gasteiger partial charge in [-0.05, 0) is 90.6 Å². The van der Waals surface area contributed by atoms with Gasteiger partial charge in [-0.2, -0.15) is 0 Å². The van der Waals surface area contributed by atoms with Crippen LogP contribution in [0.5, 0.6) is 0 Å². The first-order chi connectivity index (χ1) is 44.5. The number of fused-ring (bicyclic) bond motifs is 3. The Morgan fingerprint density at radius 2 is 0.699 bits per heavy atom. The Balaban J connectivity index is 0.968. The number of nitro groups is 3. The molecule has 12 N–H and O–H groups in total. The summed E-state index contributed by atoms with van der Waals surface area (Å²) >= 11 is 3.54. The first-order valence-electron chi connectivity index (χ1n) is 28.7. The third-order valence-corrected chi connectivity index (χ3v) is 18.5. The highest BCUT2D eigenvalue weighted by molar-refractivity contribution is 7.99. The molecule has 0 saturated heterocycles. The van der Waals surface area contributed by atoms with Crippen molar-refractivity contribution in [2.75, 3.05) is 6.54 Å². The molecule has 0 bridgehead atoms. The second-order valence-corrected chi connectivity index (χ2v) is 24.8. The Kier molecular flexibility index (Phi) is 21.6. The Labute approximate surface area is 539 Å². The van der Waals surface area contributed by atoms with Gasteiger partial charge in [0.25, 0.3) is 17.1 Å². The highest BCUT2D eigenvalue weighted by Gasteiger charge is 2.36. The van der Waals surface area contributed by atoms with Crippen molar-refractivity contribution in [1.82, 2.24) is 36.2 Å². The van der Waals surface area contributed by atoms with Crippen LogP contribution < -0.4 is 27.0 Å². The van der Waals surface area contributed by atoms with Crippen molar-refractivity contribution in [1.29, 1.82) is 0 Å². The van der Waals surface area contributed by atoms with Crippen LogP contribution in [0.25, 0.3) is 32.7 Å². The van der Waals surface area contributed by atoms with Gasteiger partial charge in [0.1, 0.15) is 18.1 Å². The van der Waals surface area contributed by atoms with Crippen LogP contribution in [0.2, 0.25) is 0 Å². The molecule has 6 aromatic carbocycles. The lowest BCUT2D eigenvalue weighted by atomic mass is 9.82. The number of rotatable bonds is 32. The fourth-order valence-electron chi connectivity index (χ4n) is 10.6.